The van der Waals surface area contributed by atoms with Gasteiger partial charge in [-0.25, -0.2) is 9.67 Å². The molecular formula is C18H20N6O2. The molecule has 8 nitrogen and oxygen atoms in total. The maximum Gasteiger partial charge on any atom is 0.251 e. The van der Waals surface area contributed by atoms with Gasteiger partial charge in [0.15, 0.2) is 0 Å². The summed E-state index contributed by atoms with van der Waals surface area (Å²) in [6.45, 7) is 3.87. The molecule has 1 saturated carbocycles. The Morgan fingerprint density at radius 3 is 2.77 bits per heavy atom. The van der Waals surface area contributed by atoms with Crippen LogP contribution >= 0.6 is 0 Å². The lowest BCUT2D eigenvalue weighted by Gasteiger charge is -2.41. The molecule has 3 aromatic rings. The van der Waals surface area contributed by atoms with Crippen LogP contribution in [0.4, 0.5) is 0 Å². The van der Waals surface area contributed by atoms with Crippen molar-refractivity contribution < 1.29 is 9.90 Å². The minimum atomic E-state index is -0.504. The fourth-order valence-corrected chi connectivity index (χ4v) is 3.35. The third-order valence-electron chi connectivity index (χ3n) is 4.78. The molecule has 0 bridgehead atoms. The number of benzene rings is 1. The van der Waals surface area contributed by atoms with Gasteiger partial charge >= 0.3 is 0 Å². The number of hydrogen-bond donors (Lipinski definition) is 2. The van der Waals surface area contributed by atoms with Crippen LogP contribution in [0.2, 0.25) is 0 Å². The van der Waals surface area contributed by atoms with E-state index in [9.17, 15) is 9.90 Å². The molecule has 2 heterocycles. The summed E-state index contributed by atoms with van der Waals surface area (Å²) in [5, 5.41) is 21.5. The Balaban J connectivity index is 1.49. The second kappa shape index (κ2) is 6.38. The van der Waals surface area contributed by atoms with Crippen LogP contribution in [-0.4, -0.2) is 47.7 Å². The first kappa shape index (κ1) is 16.5. The highest BCUT2D eigenvalue weighted by Crippen LogP contribution is 2.32. The average molecular weight is 352 g/mol. The van der Waals surface area contributed by atoms with Crippen LogP contribution < -0.4 is 5.32 Å². The Morgan fingerprint density at radius 2 is 2.15 bits per heavy atom. The van der Waals surface area contributed by atoms with Crippen LogP contribution in [0.3, 0.4) is 0 Å². The van der Waals surface area contributed by atoms with Crippen molar-refractivity contribution in [3.05, 3.63) is 59.9 Å². The Kier molecular flexibility index (Phi) is 4.04. The van der Waals surface area contributed by atoms with E-state index in [0.717, 1.165) is 16.8 Å². The zero-order valence-corrected chi connectivity index (χ0v) is 14.6. The van der Waals surface area contributed by atoms with Gasteiger partial charge in [-0.2, -0.15) is 10.2 Å². The van der Waals surface area contributed by atoms with E-state index in [2.05, 4.69) is 20.5 Å². The number of hydrogen-bond acceptors (Lipinski definition) is 5. The SMILES string of the molecule is Cc1cnn([C@H]2[C@H](O)C[C@@H]2NC(=O)c2ccc(-n3cncn3)c(C)c2)c1. The predicted octanol–water partition coefficient (Wildman–Crippen LogP) is 1.18. The smallest absolute Gasteiger partial charge is 0.251 e. The van der Waals surface area contributed by atoms with Crippen LogP contribution in [-0.2, 0) is 0 Å². The Morgan fingerprint density at radius 1 is 1.31 bits per heavy atom. The van der Waals surface area contributed by atoms with E-state index in [1.807, 2.05) is 32.2 Å². The molecule has 0 unspecified atom stereocenters. The van der Waals surface area contributed by atoms with E-state index in [1.165, 1.54) is 6.33 Å². The topological polar surface area (TPSA) is 97.9 Å². The summed E-state index contributed by atoms with van der Waals surface area (Å²) in [5.74, 6) is -0.163. The number of aliphatic hydroxyl groups is 1. The number of amides is 1. The van der Waals surface area contributed by atoms with Gasteiger partial charge in [0, 0.05) is 11.8 Å². The minimum absolute atomic E-state index is 0.146. The highest BCUT2D eigenvalue weighted by molar-refractivity contribution is 5.95. The largest absolute Gasteiger partial charge is 0.391 e. The molecular weight excluding hydrogens is 332 g/mol. The van der Waals surface area contributed by atoms with Gasteiger partial charge in [0.25, 0.3) is 5.91 Å². The van der Waals surface area contributed by atoms with Crippen molar-refractivity contribution in [1.29, 1.82) is 0 Å². The lowest BCUT2D eigenvalue weighted by atomic mass is 9.83. The summed E-state index contributed by atoms with van der Waals surface area (Å²) < 4.78 is 3.39. The second-order valence-corrected chi connectivity index (χ2v) is 6.71. The van der Waals surface area contributed by atoms with E-state index >= 15 is 0 Å². The van der Waals surface area contributed by atoms with Gasteiger partial charge in [-0.15, -0.1) is 0 Å². The van der Waals surface area contributed by atoms with Gasteiger partial charge in [0.2, 0.25) is 0 Å². The molecule has 8 heteroatoms. The first-order valence-corrected chi connectivity index (χ1v) is 8.48. The second-order valence-electron chi connectivity index (χ2n) is 6.71. The number of aryl methyl sites for hydroxylation is 2. The first-order chi connectivity index (χ1) is 12.5. The maximum atomic E-state index is 12.6. The van der Waals surface area contributed by atoms with Crippen LogP contribution in [0.25, 0.3) is 5.69 Å². The van der Waals surface area contributed by atoms with Gasteiger partial charge in [0.05, 0.1) is 30.1 Å². The molecule has 0 spiro atoms. The number of carbonyl (C=O) groups is 1. The lowest BCUT2D eigenvalue weighted by molar-refractivity contribution is -0.00590. The quantitative estimate of drug-likeness (QED) is 0.735. The fourth-order valence-electron chi connectivity index (χ4n) is 3.35. The number of nitrogens with one attached hydrogen (secondary N) is 1. The number of aliphatic hydroxyl groups excluding tert-OH is 1. The zero-order valence-electron chi connectivity index (χ0n) is 14.6. The molecule has 0 radical (unpaired) electrons. The standard InChI is InChI=1S/C18H20N6O2/c1-11-7-20-23(8-11)17-14(6-16(17)25)22-18(26)13-3-4-15(12(2)5-13)24-10-19-9-21-24/h3-5,7-10,14,16-17,25H,6H2,1-2H3,(H,22,26)/t14-,16+,17+/m0/s1. The molecule has 3 atom stereocenters. The van der Waals surface area contributed by atoms with Gasteiger partial charge in [-0.05, 0) is 49.6 Å². The molecule has 1 aliphatic carbocycles. The van der Waals surface area contributed by atoms with Crippen molar-refractivity contribution in [2.75, 3.05) is 0 Å². The summed E-state index contributed by atoms with van der Waals surface area (Å²) in [4.78, 5) is 16.6. The molecule has 2 N–H and O–H groups in total. The Bertz CT molecular complexity index is 933. The molecule has 4 rings (SSSR count). The monoisotopic (exact) mass is 352 g/mol. The Hall–Kier alpha value is -3.00. The molecule has 2 aromatic heterocycles. The van der Waals surface area contributed by atoms with Gasteiger partial charge in [0.1, 0.15) is 12.7 Å². The Labute approximate surface area is 150 Å². The molecule has 0 aliphatic heterocycles. The van der Waals surface area contributed by atoms with Crippen LogP contribution in [0.1, 0.15) is 33.9 Å². The summed E-state index contributed by atoms with van der Waals surface area (Å²) in [6.07, 6.45) is 6.73. The number of carbonyl (C=O) groups excluding carboxylic acids is 1. The van der Waals surface area contributed by atoms with Gasteiger partial charge in [-0.1, -0.05) is 0 Å². The van der Waals surface area contributed by atoms with Crippen molar-refractivity contribution in [3.8, 4) is 5.69 Å². The van der Waals surface area contributed by atoms with E-state index in [0.29, 0.717) is 12.0 Å². The molecule has 1 fully saturated rings. The van der Waals surface area contributed by atoms with E-state index in [4.69, 9.17) is 0 Å². The first-order valence-electron chi connectivity index (χ1n) is 8.48. The normalized spacial score (nSPS) is 22.0. The number of rotatable bonds is 4. The lowest BCUT2D eigenvalue weighted by Crippen LogP contribution is -2.56. The molecule has 1 aliphatic rings. The highest BCUT2D eigenvalue weighted by Gasteiger charge is 2.42. The van der Waals surface area contributed by atoms with Crippen LogP contribution in [0.5, 0.6) is 0 Å². The van der Waals surface area contributed by atoms with Crippen molar-refractivity contribution in [1.82, 2.24) is 29.9 Å². The van der Waals surface area contributed by atoms with Crippen molar-refractivity contribution >= 4 is 5.91 Å². The van der Waals surface area contributed by atoms with Crippen LogP contribution in [0.15, 0.2) is 43.2 Å². The van der Waals surface area contributed by atoms with Crippen molar-refractivity contribution in [2.24, 2.45) is 0 Å². The zero-order chi connectivity index (χ0) is 18.3. The number of nitrogens with zero attached hydrogens (tertiary/aromatic N) is 5. The average Bonchev–Trinajstić information content (AvgIpc) is 3.26. The maximum absolute atomic E-state index is 12.6. The fraction of sp³-hybridized carbons (Fsp3) is 0.333. The van der Waals surface area contributed by atoms with E-state index < -0.39 is 6.10 Å². The van der Waals surface area contributed by atoms with Crippen molar-refractivity contribution in [3.63, 3.8) is 0 Å². The summed E-state index contributed by atoms with van der Waals surface area (Å²) >= 11 is 0. The third-order valence-corrected chi connectivity index (χ3v) is 4.78. The molecule has 0 saturated heterocycles. The molecule has 1 amide bonds. The molecule has 1 aromatic carbocycles. The van der Waals surface area contributed by atoms with E-state index in [-0.39, 0.29) is 18.0 Å². The molecule has 26 heavy (non-hydrogen) atoms. The summed E-state index contributed by atoms with van der Waals surface area (Å²) in [7, 11) is 0. The summed E-state index contributed by atoms with van der Waals surface area (Å²) in [5.41, 5.74) is 3.40. The van der Waals surface area contributed by atoms with Gasteiger partial charge in [-0.3, -0.25) is 9.48 Å². The number of aromatic nitrogens is 5. The summed E-state index contributed by atoms with van der Waals surface area (Å²) in [6, 6.07) is 5.06. The predicted molar refractivity (Wildman–Crippen MR) is 94.0 cm³/mol. The minimum Gasteiger partial charge on any atom is -0.391 e. The van der Waals surface area contributed by atoms with Crippen molar-refractivity contribution in [2.45, 2.75) is 38.5 Å². The van der Waals surface area contributed by atoms with Crippen LogP contribution in [0, 0.1) is 13.8 Å². The highest BCUT2D eigenvalue weighted by atomic mass is 16.3. The van der Waals surface area contributed by atoms with Gasteiger partial charge < -0.3 is 10.4 Å². The molecule has 134 valence electrons. The third kappa shape index (κ3) is 2.88. The van der Waals surface area contributed by atoms with E-state index in [1.54, 1.807) is 28.0 Å².